The van der Waals surface area contributed by atoms with E-state index in [-0.39, 0.29) is 0 Å². The Labute approximate surface area is 161 Å². The summed E-state index contributed by atoms with van der Waals surface area (Å²) in [6.07, 6.45) is 3.68. The van der Waals surface area contributed by atoms with Crippen LogP contribution in [-0.2, 0) is 9.47 Å². The summed E-state index contributed by atoms with van der Waals surface area (Å²) < 4.78 is 22.6. The van der Waals surface area contributed by atoms with Gasteiger partial charge in [-0.2, -0.15) is 0 Å². The first-order chi connectivity index (χ1) is 12.9. The number of hydrogen-bond acceptors (Lipinski definition) is 8. The predicted octanol–water partition coefficient (Wildman–Crippen LogP) is 3.15. The van der Waals surface area contributed by atoms with Crippen LogP contribution in [0.1, 0.15) is 9.75 Å². The second-order valence-electron chi connectivity index (χ2n) is 5.29. The molecule has 0 amide bonds. The van der Waals surface area contributed by atoms with Crippen molar-refractivity contribution in [2.75, 3.05) is 52.7 Å². The molecule has 0 atom stereocenters. The topological polar surface area (TPSA) is 61.6 Å². The van der Waals surface area contributed by atoms with E-state index in [1.807, 2.05) is 35.3 Å². The third kappa shape index (κ3) is 6.21. The first-order valence-electron chi connectivity index (χ1n) is 8.49. The number of rotatable bonds is 0. The summed E-state index contributed by atoms with van der Waals surface area (Å²) in [4.78, 5) is 10.8. The molecule has 0 fully saturated rings. The normalized spacial score (nSPS) is 17.5. The van der Waals surface area contributed by atoms with Gasteiger partial charge in [0.25, 0.3) is 0 Å². The molecule has 3 heterocycles. The Kier molecular flexibility index (Phi) is 8.11. The average Bonchev–Trinajstić information content (AvgIpc) is 3.28. The molecule has 2 aromatic rings. The Morgan fingerprint density at radius 2 is 1.15 bits per heavy atom. The predicted molar refractivity (Wildman–Crippen MR) is 106 cm³/mol. The maximum atomic E-state index is 5.76. The fourth-order valence-corrected chi connectivity index (χ4v) is 3.63. The SMILES string of the molecule is C1=NCCOCCN=Cc2sccc2OCCOCCOc2ccsc21. The van der Waals surface area contributed by atoms with E-state index in [2.05, 4.69) is 9.98 Å². The highest BCUT2D eigenvalue weighted by Gasteiger charge is 2.05. The van der Waals surface area contributed by atoms with Crippen LogP contribution in [-0.4, -0.2) is 65.2 Å². The number of hydrogen-bond donors (Lipinski definition) is 0. The highest BCUT2D eigenvalue weighted by atomic mass is 32.1. The third-order valence-electron chi connectivity index (χ3n) is 3.43. The summed E-state index contributed by atoms with van der Waals surface area (Å²) in [5.74, 6) is 1.68. The van der Waals surface area contributed by atoms with Crippen molar-refractivity contribution in [3.8, 4) is 11.5 Å². The minimum atomic E-state index is 0.497. The molecular formula is C18H22N2O4S2. The molecule has 0 aromatic carbocycles. The number of ether oxygens (including phenoxy) is 4. The Morgan fingerprint density at radius 1 is 0.654 bits per heavy atom. The van der Waals surface area contributed by atoms with Crippen LogP contribution in [0.15, 0.2) is 32.9 Å². The van der Waals surface area contributed by atoms with E-state index in [1.165, 1.54) is 0 Å². The third-order valence-corrected chi connectivity index (χ3v) is 5.10. The van der Waals surface area contributed by atoms with Gasteiger partial charge in [0, 0.05) is 12.4 Å². The minimum Gasteiger partial charge on any atom is -0.490 e. The zero-order chi connectivity index (χ0) is 17.9. The van der Waals surface area contributed by atoms with Crippen LogP contribution >= 0.6 is 22.7 Å². The van der Waals surface area contributed by atoms with Crippen LogP contribution in [0, 0.1) is 0 Å². The molecule has 0 saturated heterocycles. The Morgan fingerprint density at radius 3 is 1.69 bits per heavy atom. The van der Waals surface area contributed by atoms with Gasteiger partial charge in [0.1, 0.15) is 24.7 Å². The van der Waals surface area contributed by atoms with Crippen molar-refractivity contribution in [3.05, 3.63) is 32.6 Å². The Hall–Kier alpha value is -1.74. The minimum absolute atomic E-state index is 0.497. The fourth-order valence-electron chi connectivity index (χ4n) is 2.20. The van der Waals surface area contributed by atoms with Crippen molar-refractivity contribution in [1.82, 2.24) is 0 Å². The molecule has 0 spiro atoms. The molecular weight excluding hydrogens is 372 g/mol. The lowest BCUT2D eigenvalue weighted by molar-refractivity contribution is 0.0766. The van der Waals surface area contributed by atoms with Gasteiger partial charge in [-0.15, -0.1) is 22.7 Å². The Balaban J connectivity index is 1.55. The average molecular weight is 395 g/mol. The lowest BCUT2D eigenvalue weighted by atomic mass is 10.4. The largest absolute Gasteiger partial charge is 0.490 e. The van der Waals surface area contributed by atoms with Crippen molar-refractivity contribution in [2.45, 2.75) is 0 Å². The van der Waals surface area contributed by atoms with E-state index in [0.29, 0.717) is 52.7 Å². The van der Waals surface area contributed by atoms with Crippen molar-refractivity contribution < 1.29 is 18.9 Å². The molecule has 0 bridgehead atoms. The van der Waals surface area contributed by atoms with E-state index in [1.54, 1.807) is 22.7 Å². The second-order valence-corrected chi connectivity index (χ2v) is 7.19. The first-order valence-corrected chi connectivity index (χ1v) is 10.2. The molecule has 1 aliphatic heterocycles. The summed E-state index contributed by atoms with van der Waals surface area (Å²) in [5.41, 5.74) is 0. The van der Waals surface area contributed by atoms with Gasteiger partial charge in [-0.25, -0.2) is 0 Å². The van der Waals surface area contributed by atoms with E-state index in [4.69, 9.17) is 18.9 Å². The van der Waals surface area contributed by atoms with Crippen molar-refractivity contribution >= 4 is 35.1 Å². The van der Waals surface area contributed by atoms with Gasteiger partial charge in [-0.1, -0.05) is 0 Å². The summed E-state index contributed by atoms with van der Waals surface area (Å²) in [6.45, 7) is 4.42. The van der Waals surface area contributed by atoms with E-state index < -0.39 is 0 Å². The standard InChI is InChI=1S/C18H22N2O4S2/c1-11-25-17-13-19-3-5-21-6-4-20-14-18-16(2-12-26-18)24-10-8-22-7-9-23-15(1)17/h1-2,11-14H,3-10H2. The van der Waals surface area contributed by atoms with Crippen molar-refractivity contribution in [2.24, 2.45) is 9.98 Å². The molecule has 0 aliphatic carbocycles. The molecule has 140 valence electrons. The quantitative estimate of drug-likeness (QED) is 0.689. The summed E-state index contributed by atoms with van der Waals surface area (Å²) in [5, 5.41) is 3.99. The molecule has 8 heteroatoms. The van der Waals surface area contributed by atoms with Crippen LogP contribution < -0.4 is 9.47 Å². The number of thiophene rings is 2. The summed E-state index contributed by atoms with van der Waals surface area (Å²) in [6, 6.07) is 3.90. The maximum Gasteiger partial charge on any atom is 0.138 e. The van der Waals surface area contributed by atoms with Gasteiger partial charge in [-0.3, -0.25) is 9.98 Å². The monoisotopic (exact) mass is 394 g/mol. The van der Waals surface area contributed by atoms with Crippen LogP contribution in [0.4, 0.5) is 0 Å². The van der Waals surface area contributed by atoms with Gasteiger partial charge >= 0.3 is 0 Å². The zero-order valence-corrected chi connectivity index (χ0v) is 16.1. The molecule has 6 nitrogen and oxygen atoms in total. The molecule has 0 radical (unpaired) electrons. The highest BCUT2D eigenvalue weighted by Crippen LogP contribution is 2.23. The first kappa shape index (κ1) is 19.0. The van der Waals surface area contributed by atoms with Crippen LogP contribution in [0.2, 0.25) is 0 Å². The summed E-state index contributed by atoms with van der Waals surface area (Å²) >= 11 is 3.21. The molecule has 26 heavy (non-hydrogen) atoms. The molecule has 0 N–H and O–H groups in total. The Bertz CT molecular complexity index is 653. The number of nitrogens with zero attached hydrogens (tertiary/aromatic N) is 2. The molecule has 0 saturated carbocycles. The van der Waals surface area contributed by atoms with Crippen molar-refractivity contribution in [3.63, 3.8) is 0 Å². The smallest absolute Gasteiger partial charge is 0.138 e. The summed E-state index contributed by atoms with van der Waals surface area (Å²) in [7, 11) is 0. The maximum absolute atomic E-state index is 5.76. The highest BCUT2D eigenvalue weighted by molar-refractivity contribution is 7.12. The molecule has 0 unspecified atom stereocenters. The van der Waals surface area contributed by atoms with E-state index in [9.17, 15) is 0 Å². The van der Waals surface area contributed by atoms with E-state index in [0.717, 1.165) is 21.3 Å². The van der Waals surface area contributed by atoms with E-state index >= 15 is 0 Å². The second kappa shape index (κ2) is 11.1. The van der Waals surface area contributed by atoms with Gasteiger partial charge in [0.05, 0.1) is 49.3 Å². The molecule has 1 aliphatic rings. The lowest BCUT2D eigenvalue weighted by Gasteiger charge is -2.08. The molecule has 2 aromatic heterocycles. The number of aliphatic imine (C=N–C) groups is 2. The van der Waals surface area contributed by atoms with Gasteiger partial charge in [0.2, 0.25) is 0 Å². The fraction of sp³-hybridized carbons (Fsp3) is 0.444. The van der Waals surface area contributed by atoms with Gasteiger partial charge < -0.3 is 18.9 Å². The lowest BCUT2D eigenvalue weighted by Crippen LogP contribution is -2.12. The van der Waals surface area contributed by atoms with Crippen LogP contribution in [0.3, 0.4) is 0 Å². The zero-order valence-electron chi connectivity index (χ0n) is 14.5. The van der Waals surface area contributed by atoms with Gasteiger partial charge in [-0.05, 0) is 22.9 Å². The molecule has 3 rings (SSSR count). The van der Waals surface area contributed by atoms with Crippen LogP contribution in [0.5, 0.6) is 11.5 Å². The number of fused-ring (bicyclic) bond motifs is 2. The van der Waals surface area contributed by atoms with Crippen molar-refractivity contribution in [1.29, 1.82) is 0 Å². The van der Waals surface area contributed by atoms with Gasteiger partial charge in [0.15, 0.2) is 0 Å². The van der Waals surface area contributed by atoms with Crippen LogP contribution in [0.25, 0.3) is 0 Å².